The van der Waals surface area contributed by atoms with E-state index in [1.165, 1.54) is 13.8 Å². The second-order valence-electron chi connectivity index (χ2n) is 4.65. The zero-order chi connectivity index (χ0) is 13.9. The number of carbonyl (C=O) groups is 2. The second-order valence-corrected chi connectivity index (χ2v) is 4.65. The van der Waals surface area contributed by atoms with Crippen LogP contribution in [-0.4, -0.2) is 22.5 Å². The van der Waals surface area contributed by atoms with Crippen molar-refractivity contribution in [2.45, 2.75) is 46.1 Å². The molecule has 1 aromatic heterocycles. The summed E-state index contributed by atoms with van der Waals surface area (Å²) in [4.78, 5) is 22.8. The number of hydrogen-bond acceptors (Lipinski definition) is 3. The maximum atomic E-state index is 11.9. The van der Waals surface area contributed by atoms with Crippen LogP contribution in [0.2, 0.25) is 0 Å². The van der Waals surface area contributed by atoms with Gasteiger partial charge < -0.3 is 14.8 Å². The molecule has 0 atom stereocenters. The standard InChI is InChI=1S/C13H19NO4/c1-5-8-7-10(18-9(8)6-2)11(15)14-13(3,4)12(16)17/h7H,5-6H2,1-4H3,(H,14,15)(H,16,17). The van der Waals surface area contributed by atoms with Crippen molar-refractivity contribution in [3.05, 3.63) is 23.2 Å². The highest BCUT2D eigenvalue weighted by molar-refractivity contribution is 5.95. The van der Waals surface area contributed by atoms with Crippen LogP contribution >= 0.6 is 0 Å². The number of amides is 1. The molecule has 0 fully saturated rings. The lowest BCUT2D eigenvalue weighted by molar-refractivity contribution is -0.143. The average Bonchev–Trinajstić information content (AvgIpc) is 2.71. The molecule has 1 heterocycles. The monoisotopic (exact) mass is 253 g/mol. The number of carbonyl (C=O) groups excluding carboxylic acids is 1. The van der Waals surface area contributed by atoms with Gasteiger partial charge in [0.2, 0.25) is 0 Å². The molecule has 0 aliphatic heterocycles. The summed E-state index contributed by atoms with van der Waals surface area (Å²) in [6.07, 6.45) is 1.49. The van der Waals surface area contributed by atoms with Gasteiger partial charge in [-0.3, -0.25) is 4.79 Å². The Balaban J connectivity index is 2.91. The molecule has 0 aromatic carbocycles. The summed E-state index contributed by atoms with van der Waals surface area (Å²) in [7, 11) is 0. The third kappa shape index (κ3) is 2.91. The van der Waals surface area contributed by atoms with Crippen LogP contribution < -0.4 is 5.32 Å². The first-order valence-corrected chi connectivity index (χ1v) is 5.99. The Morgan fingerprint density at radius 3 is 2.33 bits per heavy atom. The van der Waals surface area contributed by atoms with E-state index in [0.717, 1.165) is 17.7 Å². The van der Waals surface area contributed by atoms with Crippen LogP contribution in [0.3, 0.4) is 0 Å². The van der Waals surface area contributed by atoms with E-state index in [2.05, 4.69) is 5.32 Å². The van der Waals surface area contributed by atoms with E-state index in [4.69, 9.17) is 9.52 Å². The lowest BCUT2D eigenvalue weighted by Gasteiger charge is -2.19. The maximum absolute atomic E-state index is 11.9. The molecule has 0 saturated heterocycles. The Morgan fingerprint density at radius 1 is 1.33 bits per heavy atom. The molecule has 0 unspecified atom stereocenters. The van der Waals surface area contributed by atoms with Crippen LogP contribution in [0.15, 0.2) is 10.5 Å². The minimum atomic E-state index is -1.32. The smallest absolute Gasteiger partial charge is 0.328 e. The molecule has 100 valence electrons. The largest absolute Gasteiger partial charge is 0.480 e. The summed E-state index contributed by atoms with van der Waals surface area (Å²) in [5.41, 5.74) is -0.335. The van der Waals surface area contributed by atoms with E-state index >= 15 is 0 Å². The van der Waals surface area contributed by atoms with Gasteiger partial charge in [0.25, 0.3) is 5.91 Å². The lowest BCUT2D eigenvalue weighted by atomic mass is 10.1. The van der Waals surface area contributed by atoms with Gasteiger partial charge in [-0.05, 0) is 31.9 Å². The third-order valence-corrected chi connectivity index (χ3v) is 2.78. The first-order chi connectivity index (χ1) is 8.31. The quantitative estimate of drug-likeness (QED) is 0.841. The fourth-order valence-corrected chi connectivity index (χ4v) is 1.58. The SMILES string of the molecule is CCc1cc(C(=O)NC(C)(C)C(=O)O)oc1CC. The number of hydrogen-bond donors (Lipinski definition) is 2. The number of carboxylic acid groups (broad SMARTS) is 1. The van der Waals surface area contributed by atoms with Crippen LogP contribution in [0.5, 0.6) is 0 Å². The molecule has 0 spiro atoms. The van der Waals surface area contributed by atoms with E-state index in [0.29, 0.717) is 6.42 Å². The molecule has 5 heteroatoms. The Labute approximate surface area is 106 Å². The van der Waals surface area contributed by atoms with Crippen molar-refractivity contribution >= 4 is 11.9 Å². The molecule has 0 aliphatic rings. The molecule has 1 amide bonds. The van der Waals surface area contributed by atoms with Gasteiger partial charge in [0.15, 0.2) is 5.76 Å². The Bertz CT molecular complexity index is 438. The van der Waals surface area contributed by atoms with Crippen molar-refractivity contribution in [1.29, 1.82) is 0 Å². The molecule has 0 aliphatic carbocycles. The normalized spacial score (nSPS) is 11.3. The minimum absolute atomic E-state index is 0.165. The topological polar surface area (TPSA) is 79.5 Å². The van der Waals surface area contributed by atoms with E-state index in [1.807, 2.05) is 13.8 Å². The van der Waals surface area contributed by atoms with Crippen molar-refractivity contribution in [2.24, 2.45) is 0 Å². The van der Waals surface area contributed by atoms with Gasteiger partial charge >= 0.3 is 5.97 Å². The molecular weight excluding hydrogens is 234 g/mol. The first kappa shape index (κ1) is 14.3. The molecule has 0 bridgehead atoms. The van der Waals surface area contributed by atoms with Gasteiger partial charge in [-0.15, -0.1) is 0 Å². The van der Waals surface area contributed by atoms with Gasteiger partial charge in [-0.25, -0.2) is 4.79 Å². The highest BCUT2D eigenvalue weighted by Gasteiger charge is 2.30. The van der Waals surface area contributed by atoms with E-state index in [1.54, 1.807) is 6.07 Å². The van der Waals surface area contributed by atoms with Crippen molar-refractivity contribution in [3.63, 3.8) is 0 Å². The van der Waals surface area contributed by atoms with E-state index in [-0.39, 0.29) is 5.76 Å². The summed E-state index contributed by atoms with van der Waals surface area (Å²) >= 11 is 0. The molecule has 1 aromatic rings. The van der Waals surface area contributed by atoms with Crippen LogP contribution in [-0.2, 0) is 17.6 Å². The van der Waals surface area contributed by atoms with Crippen molar-refractivity contribution in [3.8, 4) is 0 Å². The Kier molecular flexibility index (Phi) is 4.16. The summed E-state index contributed by atoms with van der Waals surface area (Å²) in [5, 5.41) is 11.4. The number of rotatable bonds is 5. The van der Waals surface area contributed by atoms with Crippen molar-refractivity contribution in [2.75, 3.05) is 0 Å². The van der Waals surface area contributed by atoms with Gasteiger partial charge in [-0.2, -0.15) is 0 Å². The van der Waals surface area contributed by atoms with E-state index < -0.39 is 17.4 Å². The van der Waals surface area contributed by atoms with Crippen LogP contribution in [0, 0.1) is 0 Å². The molecule has 0 radical (unpaired) electrons. The van der Waals surface area contributed by atoms with Gasteiger partial charge in [0.1, 0.15) is 11.3 Å². The third-order valence-electron chi connectivity index (χ3n) is 2.78. The molecular formula is C13H19NO4. The number of furan rings is 1. The molecule has 0 saturated carbocycles. The fourth-order valence-electron chi connectivity index (χ4n) is 1.58. The minimum Gasteiger partial charge on any atom is -0.480 e. The van der Waals surface area contributed by atoms with Crippen LogP contribution in [0.25, 0.3) is 0 Å². The van der Waals surface area contributed by atoms with Crippen molar-refractivity contribution < 1.29 is 19.1 Å². The van der Waals surface area contributed by atoms with Gasteiger partial charge in [0, 0.05) is 6.42 Å². The summed E-state index contributed by atoms with van der Waals surface area (Å²) < 4.78 is 5.44. The highest BCUT2D eigenvalue weighted by atomic mass is 16.4. The van der Waals surface area contributed by atoms with Gasteiger partial charge in [0.05, 0.1) is 0 Å². The predicted molar refractivity (Wildman–Crippen MR) is 66.6 cm³/mol. The second kappa shape index (κ2) is 5.25. The number of aryl methyl sites for hydroxylation is 2. The zero-order valence-corrected chi connectivity index (χ0v) is 11.2. The maximum Gasteiger partial charge on any atom is 0.328 e. The van der Waals surface area contributed by atoms with Gasteiger partial charge in [-0.1, -0.05) is 13.8 Å². The zero-order valence-electron chi connectivity index (χ0n) is 11.2. The average molecular weight is 253 g/mol. The summed E-state index contributed by atoms with van der Waals surface area (Å²) in [6, 6.07) is 1.67. The Morgan fingerprint density at radius 2 is 1.94 bits per heavy atom. The van der Waals surface area contributed by atoms with Crippen LogP contribution in [0.1, 0.15) is 49.6 Å². The predicted octanol–water partition coefficient (Wildman–Crippen LogP) is 2.00. The van der Waals surface area contributed by atoms with E-state index in [9.17, 15) is 9.59 Å². The molecule has 2 N–H and O–H groups in total. The summed E-state index contributed by atoms with van der Waals surface area (Å²) in [5.74, 6) is -0.653. The highest BCUT2D eigenvalue weighted by Crippen LogP contribution is 2.17. The number of carboxylic acids is 1. The molecule has 1 rings (SSSR count). The lowest BCUT2D eigenvalue weighted by Crippen LogP contribution is -2.49. The number of aliphatic carboxylic acids is 1. The molecule has 5 nitrogen and oxygen atoms in total. The van der Waals surface area contributed by atoms with Crippen LogP contribution in [0.4, 0.5) is 0 Å². The fraction of sp³-hybridized carbons (Fsp3) is 0.538. The van der Waals surface area contributed by atoms with Crippen molar-refractivity contribution in [1.82, 2.24) is 5.32 Å². The Hall–Kier alpha value is -1.78. The number of nitrogens with one attached hydrogen (secondary N) is 1. The summed E-state index contributed by atoms with van der Waals surface area (Å²) in [6.45, 7) is 6.78. The first-order valence-electron chi connectivity index (χ1n) is 5.99. The molecule has 18 heavy (non-hydrogen) atoms.